The fourth-order valence-electron chi connectivity index (χ4n) is 5.55. The van der Waals surface area contributed by atoms with Crippen molar-refractivity contribution in [2.45, 2.75) is 57.2 Å². The van der Waals surface area contributed by atoms with Crippen LogP contribution in [0.4, 0.5) is 0 Å². The van der Waals surface area contributed by atoms with Gasteiger partial charge in [0.15, 0.2) is 0 Å². The number of aromatic nitrogens is 1. The van der Waals surface area contributed by atoms with Gasteiger partial charge in [-0.05, 0) is 50.2 Å². The van der Waals surface area contributed by atoms with E-state index in [1.54, 1.807) is 19.2 Å². The fraction of sp³-hybridized carbons (Fsp3) is 0.583. The first-order valence-corrected chi connectivity index (χ1v) is 11.8. The van der Waals surface area contributed by atoms with Crippen LogP contribution in [0.25, 0.3) is 11.3 Å². The predicted octanol–water partition coefficient (Wildman–Crippen LogP) is 6.06. The van der Waals surface area contributed by atoms with Crippen LogP contribution in [-0.2, 0) is 20.9 Å². The minimum absolute atomic E-state index is 0.0526. The van der Waals surface area contributed by atoms with E-state index < -0.39 is 5.60 Å². The second kappa shape index (κ2) is 8.18. The SMILES string of the molecule is COCC1(OCc2c(-c3c(Cl)cccc3Cl)noc2C2CC2)CC2C(=O)[C@H](CC2C)C1. The summed E-state index contributed by atoms with van der Waals surface area (Å²) in [5.41, 5.74) is 1.74. The smallest absolute Gasteiger partial charge is 0.145 e. The van der Waals surface area contributed by atoms with Gasteiger partial charge in [0.25, 0.3) is 0 Å². The second-order valence-electron chi connectivity index (χ2n) is 9.48. The Balaban J connectivity index is 1.47. The lowest BCUT2D eigenvalue weighted by atomic mass is 9.76. The van der Waals surface area contributed by atoms with Gasteiger partial charge >= 0.3 is 0 Å². The Morgan fingerprint density at radius 1 is 1.19 bits per heavy atom. The molecule has 31 heavy (non-hydrogen) atoms. The Hall–Kier alpha value is -1.40. The number of fused-ring (bicyclic) bond motifs is 2. The number of carbonyl (C=O) groups is 1. The third-order valence-electron chi connectivity index (χ3n) is 7.22. The minimum atomic E-state index is -0.484. The molecule has 0 N–H and O–H groups in total. The van der Waals surface area contributed by atoms with Crippen LogP contribution in [0.5, 0.6) is 0 Å². The number of hydrogen-bond acceptors (Lipinski definition) is 5. The number of Topliss-reactive ketones (excluding diaryl/α,β-unsaturated/α-hetero) is 1. The Kier molecular flexibility index (Phi) is 5.66. The van der Waals surface area contributed by atoms with Crippen LogP contribution in [0.2, 0.25) is 10.0 Å². The minimum Gasteiger partial charge on any atom is -0.382 e. The molecule has 3 aliphatic carbocycles. The summed E-state index contributed by atoms with van der Waals surface area (Å²) in [7, 11) is 1.69. The van der Waals surface area contributed by atoms with Crippen LogP contribution in [-0.4, -0.2) is 30.3 Å². The Bertz CT molecular complexity index is 981. The molecule has 0 radical (unpaired) electrons. The van der Waals surface area contributed by atoms with Crippen molar-refractivity contribution < 1.29 is 18.8 Å². The van der Waals surface area contributed by atoms with Crippen LogP contribution in [0.3, 0.4) is 0 Å². The molecule has 3 unspecified atom stereocenters. The topological polar surface area (TPSA) is 61.6 Å². The van der Waals surface area contributed by atoms with Crippen molar-refractivity contribution in [1.82, 2.24) is 5.16 Å². The number of nitrogens with zero attached hydrogens (tertiary/aromatic N) is 1. The molecule has 4 atom stereocenters. The van der Waals surface area contributed by atoms with Crippen molar-refractivity contribution in [2.24, 2.45) is 17.8 Å². The normalized spacial score (nSPS) is 30.2. The van der Waals surface area contributed by atoms with Gasteiger partial charge < -0.3 is 14.0 Å². The molecule has 0 amide bonds. The van der Waals surface area contributed by atoms with Gasteiger partial charge in [-0.1, -0.05) is 41.3 Å². The molecule has 2 bridgehead atoms. The number of carbonyl (C=O) groups excluding carboxylic acids is 1. The summed E-state index contributed by atoms with van der Waals surface area (Å²) >= 11 is 13.0. The fourth-order valence-corrected chi connectivity index (χ4v) is 6.12. The van der Waals surface area contributed by atoms with E-state index in [2.05, 4.69) is 12.1 Å². The lowest BCUT2D eigenvalue weighted by Crippen LogP contribution is -2.46. The zero-order valence-corrected chi connectivity index (χ0v) is 19.3. The third kappa shape index (κ3) is 3.84. The highest BCUT2D eigenvalue weighted by Gasteiger charge is 2.53. The maximum atomic E-state index is 12.6. The van der Waals surface area contributed by atoms with Crippen LogP contribution in [0.15, 0.2) is 22.7 Å². The first-order chi connectivity index (χ1) is 14.9. The lowest BCUT2D eigenvalue weighted by molar-refractivity contribution is -0.152. The standard InChI is InChI=1S/C24H27Cl2NO4/c1-13-8-15-9-24(12-29-2,10-16(13)22(15)28)30-11-17-21(27-31-23(17)14-6-7-14)20-18(25)4-3-5-19(20)26/h3-5,13-16H,6-12H2,1-2H3/t13?,15-,16?,24?/m1/s1. The quantitative estimate of drug-likeness (QED) is 0.498. The van der Waals surface area contributed by atoms with Gasteiger partial charge in [-0.25, -0.2) is 0 Å². The number of methoxy groups -OCH3 is 1. The van der Waals surface area contributed by atoms with Crippen molar-refractivity contribution >= 4 is 29.0 Å². The molecule has 3 saturated carbocycles. The van der Waals surface area contributed by atoms with E-state index >= 15 is 0 Å². The molecule has 166 valence electrons. The highest BCUT2D eigenvalue weighted by Crippen LogP contribution is 2.50. The molecule has 1 aromatic heterocycles. The van der Waals surface area contributed by atoms with E-state index in [4.69, 9.17) is 37.2 Å². The zero-order chi connectivity index (χ0) is 21.8. The van der Waals surface area contributed by atoms with Crippen LogP contribution >= 0.6 is 23.2 Å². The number of benzene rings is 1. The first kappa shape index (κ1) is 21.4. The molecule has 1 heterocycles. The van der Waals surface area contributed by atoms with Crippen molar-refractivity contribution in [2.75, 3.05) is 13.7 Å². The lowest BCUT2D eigenvalue weighted by Gasteiger charge is -2.39. The van der Waals surface area contributed by atoms with Crippen LogP contribution in [0.1, 0.15) is 56.3 Å². The average Bonchev–Trinajstić information content (AvgIpc) is 3.46. The van der Waals surface area contributed by atoms with Gasteiger partial charge in [-0.3, -0.25) is 4.79 Å². The van der Waals surface area contributed by atoms with E-state index in [0.717, 1.165) is 30.6 Å². The molecular weight excluding hydrogens is 437 g/mol. The second-order valence-corrected chi connectivity index (χ2v) is 10.3. The van der Waals surface area contributed by atoms with Crippen LogP contribution in [0, 0.1) is 17.8 Å². The summed E-state index contributed by atoms with van der Waals surface area (Å²) < 4.78 is 18.0. The molecule has 5 rings (SSSR count). The van der Waals surface area contributed by atoms with Gasteiger partial charge in [0.05, 0.1) is 28.9 Å². The number of ketones is 1. The van der Waals surface area contributed by atoms with E-state index in [-0.39, 0.29) is 11.8 Å². The Morgan fingerprint density at radius 2 is 1.94 bits per heavy atom. The van der Waals surface area contributed by atoms with Gasteiger partial charge in [-0.15, -0.1) is 0 Å². The number of ether oxygens (including phenoxy) is 2. The molecular formula is C24H27Cl2NO4. The van der Waals surface area contributed by atoms with Crippen molar-refractivity contribution in [1.29, 1.82) is 0 Å². The molecule has 3 aliphatic rings. The number of rotatable bonds is 7. The van der Waals surface area contributed by atoms with Gasteiger partial charge in [0, 0.05) is 36.0 Å². The average molecular weight is 464 g/mol. The van der Waals surface area contributed by atoms with E-state index in [0.29, 0.717) is 65.0 Å². The number of halogens is 2. The predicted molar refractivity (Wildman–Crippen MR) is 118 cm³/mol. The summed E-state index contributed by atoms with van der Waals surface area (Å²) in [6.07, 6.45) is 4.50. The molecule has 0 spiro atoms. The molecule has 0 aliphatic heterocycles. The summed E-state index contributed by atoms with van der Waals surface area (Å²) in [4.78, 5) is 12.6. The largest absolute Gasteiger partial charge is 0.382 e. The molecule has 0 saturated heterocycles. The van der Waals surface area contributed by atoms with E-state index in [9.17, 15) is 4.79 Å². The highest BCUT2D eigenvalue weighted by atomic mass is 35.5. The van der Waals surface area contributed by atoms with Crippen molar-refractivity contribution in [3.8, 4) is 11.3 Å². The van der Waals surface area contributed by atoms with Gasteiger partial charge in [0.1, 0.15) is 17.2 Å². The van der Waals surface area contributed by atoms with Crippen molar-refractivity contribution in [3.63, 3.8) is 0 Å². The van der Waals surface area contributed by atoms with E-state index in [1.165, 1.54) is 0 Å². The molecule has 7 heteroatoms. The molecule has 3 fully saturated rings. The molecule has 1 aromatic carbocycles. The molecule has 2 aromatic rings. The monoisotopic (exact) mass is 463 g/mol. The zero-order valence-electron chi connectivity index (χ0n) is 17.8. The van der Waals surface area contributed by atoms with Gasteiger partial charge in [0.2, 0.25) is 0 Å². The van der Waals surface area contributed by atoms with E-state index in [1.807, 2.05) is 6.07 Å². The number of hydrogen-bond donors (Lipinski definition) is 0. The third-order valence-corrected chi connectivity index (χ3v) is 7.85. The Morgan fingerprint density at radius 3 is 2.58 bits per heavy atom. The van der Waals surface area contributed by atoms with Crippen molar-refractivity contribution in [3.05, 3.63) is 39.6 Å². The summed E-state index contributed by atoms with van der Waals surface area (Å²) in [6, 6.07) is 5.42. The van der Waals surface area contributed by atoms with Crippen LogP contribution < -0.4 is 0 Å². The van der Waals surface area contributed by atoms with Gasteiger partial charge in [-0.2, -0.15) is 0 Å². The maximum Gasteiger partial charge on any atom is 0.145 e. The highest BCUT2D eigenvalue weighted by molar-refractivity contribution is 6.39. The maximum absolute atomic E-state index is 12.6. The molecule has 5 nitrogen and oxygen atoms in total. The first-order valence-electron chi connectivity index (χ1n) is 11.0. The summed E-state index contributed by atoms with van der Waals surface area (Å²) in [5, 5.41) is 5.43. The summed E-state index contributed by atoms with van der Waals surface area (Å²) in [5.74, 6) is 2.14. The Labute approximate surface area is 192 Å². The summed E-state index contributed by atoms with van der Waals surface area (Å²) in [6.45, 7) is 2.97.